The van der Waals surface area contributed by atoms with Gasteiger partial charge in [0.1, 0.15) is 5.76 Å². The van der Waals surface area contributed by atoms with Gasteiger partial charge in [0.05, 0.1) is 6.54 Å². The van der Waals surface area contributed by atoms with Crippen LogP contribution >= 0.6 is 0 Å². The Kier molecular flexibility index (Phi) is 6.54. The molecule has 0 saturated carbocycles. The summed E-state index contributed by atoms with van der Waals surface area (Å²) in [6.07, 6.45) is 2.95. The van der Waals surface area contributed by atoms with Crippen LogP contribution in [0.15, 0.2) is 114 Å². The molecule has 2 aliphatic rings. The molecule has 0 unspecified atom stereocenters. The van der Waals surface area contributed by atoms with Crippen LogP contribution in [0.5, 0.6) is 0 Å². The summed E-state index contributed by atoms with van der Waals surface area (Å²) in [6, 6.07) is 37.6. The molecule has 0 bridgehead atoms. The third-order valence-corrected chi connectivity index (χ3v) is 8.32. The molecule has 3 heterocycles. The number of fused-ring (bicyclic) bond motifs is 2. The third kappa shape index (κ3) is 4.65. The van der Waals surface area contributed by atoms with Crippen LogP contribution in [-0.2, 0) is 13.0 Å². The van der Waals surface area contributed by atoms with Crippen molar-refractivity contribution in [3.63, 3.8) is 0 Å². The summed E-state index contributed by atoms with van der Waals surface area (Å²) < 4.78 is 6.35. The van der Waals surface area contributed by atoms with Crippen molar-refractivity contribution in [1.29, 1.82) is 0 Å². The number of hydrogen-bond acceptors (Lipinski definition) is 3. The topological polar surface area (TPSA) is 45.5 Å². The minimum absolute atomic E-state index is 0.0894. The second-order valence-electron chi connectivity index (χ2n) is 10.8. The fourth-order valence-electron chi connectivity index (χ4n) is 6.23. The normalized spacial score (nSPS) is 15.4. The van der Waals surface area contributed by atoms with E-state index in [1.165, 1.54) is 11.1 Å². The fourth-order valence-corrected chi connectivity index (χ4v) is 6.23. The number of nitrogens with one attached hydrogen (secondary N) is 1. The number of furan rings is 1. The number of amides is 1. The number of hydrogen-bond donors (Lipinski definition) is 1. The van der Waals surface area contributed by atoms with Gasteiger partial charge in [-0.05, 0) is 71.8 Å². The minimum atomic E-state index is -0.0894. The molecule has 0 aliphatic carbocycles. The van der Waals surface area contributed by atoms with Gasteiger partial charge in [-0.3, -0.25) is 4.79 Å². The zero-order valence-corrected chi connectivity index (χ0v) is 22.5. The van der Waals surface area contributed by atoms with Crippen LogP contribution < -0.4 is 10.2 Å². The first-order chi connectivity index (χ1) is 19.7. The number of benzene rings is 4. The monoisotopic (exact) mass is 524 g/mol. The van der Waals surface area contributed by atoms with Gasteiger partial charge in [-0.25, -0.2) is 0 Å². The van der Waals surface area contributed by atoms with E-state index in [0.717, 1.165) is 65.2 Å². The molecular formula is C36H32N2O2. The Morgan fingerprint density at radius 2 is 1.45 bits per heavy atom. The average Bonchev–Trinajstić information content (AvgIpc) is 3.41. The first-order valence-electron chi connectivity index (χ1n) is 14.2. The standard InChI is InChI=1S/C36H32N2O2/c39-36-35-31(23-34(40-35)27-11-5-2-6-12-27)22-30-21-28(25-17-19-37-20-18-25)15-16-33(30)38(36)24-29-13-7-8-14-32(29)26-9-3-1-4-10-26/h1-16,21,23,25,37H,17-20,22,24H2. The van der Waals surface area contributed by atoms with Gasteiger partial charge in [0.25, 0.3) is 5.91 Å². The Labute approximate surface area is 235 Å². The lowest BCUT2D eigenvalue weighted by Crippen LogP contribution is -2.30. The molecule has 4 heteroatoms. The van der Waals surface area contributed by atoms with Crippen LogP contribution in [0.2, 0.25) is 0 Å². The Morgan fingerprint density at radius 3 is 2.23 bits per heavy atom. The van der Waals surface area contributed by atoms with Crippen LogP contribution in [0.25, 0.3) is 22.5 Å². The first-order valence-corrected chi connectivity index (χ1v) is 14.2. The van der Waals surface area contributed by atoms with Crippen LogP contribution in [0.3, 0.4) is 0 Å². The van der Waals surface area contributed by atoms with Crippen LogP contribution in [0, 0.1) is 0 Å². The molecule has 1 aromatic heterocycles. The van der Waals surface area contributed by atoms with Gasteiger partial charge in [0.15, 0.2) is 5.76 Å². The molecule has 0 atom stereocenters. The lowest BCUT2D eigenvalue weighted by atomic mass is 9.88. The van der Waals surface area contributed by atoms with Gasteiger partial charge in [0.2, 0.25) is 0 Å². The smallest absolute Gasteiger partial charge is 0.294 e. The summed E-state index contributed by atoms with van der Waals surface area (Å²) in [5.41, 5.74) is 8.84. The summed E-state index contributed by atoms with van der Waals surface area (Å²) in [5, 5.41) is 3.48. The minimum Gasteiger partial charge on any atom is -0.451 e. The van der Waals surface area contributed by atoms with Gasteiger partial charge < -0.3 is 14.6 Å². The van der Waals surface area contributed by atoms with Crippen LogP contribution in [0.1, 0.15) is 51.6 Å². The van der Waals surface area contributed by atoms with Gasteiger partial charge in [-0.15, -0.1) is 0 Å². The maximum absolute atomic E-state index is 14.3. The number of piperidine rings is 1. The molecule has 4 aromatic carbocycles. The zero-order valence-electron chi connectivity index (χ0n) is 22.5. The van der Waals surface area contributed by atoms with E-state index in [1.807, 2.05) is 41.3 Å². The van der Waals surface area contributed by atoms with Gasteiger partial charge in [0, 0.05) is 23.2 Å². The van der Waals surface area contributed by atoms with E-state index in [4.69, 9.17) is 4.42 Å². The van der Waals surface area contributed by atoms with Crippen molar-refractivity contribution >= 4 is 11.6 Å². The highest BCUT2D eigenvalue weighted by Crippen LogP contribution is 2.39. The molecule has 198 valence electrons. The number of nitrogens with zero attached hydrogens (tertiary/aromatic N) is 1. The molecule has 0 spiro atoms. The maximum Gasteiger partial charge on any atom is 0.294 e. The third-order valence-electron chi connectivity index (χ3n) is 8.32. The van der Waals surface area contributed by atoms with Crippen LogP contribution in [-0.4, -0.2) is 19.0 Å². The molecule has 4 nitrogen and oxygen atoms in total. The van der Waals surface area contributed by atoms with E-state index >= 15 is 0 Å². The lowest BCUT2D eigenvalue weighted by molar-refractivity contribution is 0.0959. The number of rotatable bonds is 5. The van der Waals surface area contributed by atoms with Crippen LogP contribution in [0.4, 0.5) is 5.69 Å². The first kappa shape index (κ1) is 24.6. The Balaban J connectivity index is 1.34. The number of carbonyl (C=O) groups is 1. The van der Waals surface area contributed by atoms with E-state index in [-0.39, 0.29) is 5.91 Å². The van der Waals surface area contributed by atoms with Crippen molar-refractivity contribution < 1.29 is 9.21 Å². The Hall–Kier alpha value is -4.41. The predicted molar refractivity (Wildman–Crippen MR) is 161 cm³/mol. The molecule has 1 N–H and O–H groups in total. The summed E-state index contributed by atoms with van der Waals surface area (Å²) >= 11 is 0. The van der Waals surface area contributed by atoms with Crippen molar-refractivity contribution in [2.75, 3.05) is 18.0 Å². The quantitative estimate of drug-likeness (QED) is 0.255. The van der Waals surface area contributed by atoms with E-state index in [2.05, 4.69) is 78.1 Å². The van der Waals surface area contributed by atoms with Crippen molar-refractivity contribution in [2.45, 2.75) is 31.7 Å². The molecule has 0 radical (unpaired) electrons. The van der Waals surface area contributed by atoms with Crippen molar-refractivity contribution in [1.82, 2.24) is 5.32 Å². The molecule has 1 fully saturated rings. The maximum atomic E-state index is 14.3. The molecule has 5 aromatic rings. The molecule has 1 saturated heterocycles. The molecule has 7 rings (SSSR count). The highest BCUT2D eigenvalue weighted by Gasteiger charge is 2.32. The van der Waals surface area contributed by atoms with Crippen molar-refractivity contribution in [3.05, 3.63) is 137 Å². The van der Waals surface area contributed by atoms with Crippen molar-refractivity contribution in [3.8, 4) is 22.5 Å². The molecular weight excluding hydrogens is 492 g/mol. The molecule has 40 heavy (non-hydrogen) atoms. The summed E-state index contributed by atoms with van der Waals surface area (Å²) in [5.74, 6) is 1.63. The average molecular weight is 525 g/mol. The highest BCUT2D eigenvalue weighted by atomic mass is 16.4. The Morgan fingerprint density at radius 1 is 0.750 bits per heavy atom. The largest absolute Gasteiger partial charge is 0.451 e. The van der Waals surface area contributed by atoms with Gasteiger partial charge in [-0.2, -0.15) is 0 Å². The van der Waals surface area contributed by atoms with E-state index < -0.39 is 0 Å². The lowest BCUT2D eigenvalue weighted by Gasteiger charge is -2.27. The Bertz CT molecular complexity index is 1650. The molecule has 2 aliphatic heterocycles. The van der Waals surface area contributed by atoms with Gasteiger partial charge in [-0.1, -0.05) is 97.1 Å². The fraction of sp³-hybridized carbons (Fsp3) is 0.194. The van der Waals surface area contributed by atoms with Crippen molar-refractivity contribution in [2.24, 2.45) is 0 Å². The summed E-state index contributed by atoms with van der Waals surface area (Å²) in [4.78, 5) is 16.2. The number of carbonyl (C=O) groups excluding carboxylic acids is 1. The summed E-state index contributed by atoms with van der Waals surface area (Å²) in [7, 11) is 0. The summed E-state index contributed by atoms with van der Waals surface area (Å²) in [6.45, 7) is 2.56. The van der Waals surface area contributed by atoms with Gasteiger partial charge >= 0.3 is 0 Å². The number of anilines is 1. The predicted octanol–water partition coefficient (Wildman–Crippen LogP) is 7.83. The van der Waals surface area contributed by atoms with E-state index in [1.54, 1.807) is 0 Å². The SMILES string of the molecule is O=C1c2oc(-c3ccccc3)cc2Cc2cc(C3CCNCC3)ccc2N1Cc1ccccc1-c1ccccc1. The zero-order chi connectivity index (χ0) is 26.9. The van der Waals surface area contributed by atoms with E-state index in [0.29, 0.717) is 24.6 Å². The second-order valence-corrected chi connectivity index (χ2v) is 10.8. The second kappa shape index (κ2) is 10.6. The van der Waals surface area contributed by atoms with E-state index in [9.17, 15) is 4.79 Å². The molecule has 1 amide bonds. The highest BCUT2D eigenvalue weighted by molar-refractivity contribution is 6.07.